The van der Waals surface area contributed by atoms with Crippen LogP contribution >= 0.6 is 0 Å². The number of carbonyl (C=O) groups is 1. The lowest BCUT2D eigenvalue weighted by molar-refractivity contribution is -0.118. The Kier molecular flexibility index (Phi) is 3.01. The second kappa shape index (κ2) is 4.45. The lowest BCUT2D eigenvalue weighted by Crippen LogP contribution is -2.23. The van der Waals surface area contributed by atoms with Crippen LogP contribution in [0.15, 0.2) is 36.4 Å². The lowest BCUT2D eigenvalue weighted by atomic mass is 10.1. The van der Waals surface area contributed by atoms with Crippen molar-refractivity contribution in [3.63, 3.8) is 0 Å². The van der Waals surface area contributed by atoms with Crippen LogP contribution in [0.2, 0.25) is 0 Å². The van der Waals surface area contributed by atoms with Gasteiger partial charge in [-0.15, -0.1) is 0 Å². The Morgan fingerprint density at radius 1 is 1.31 bits per heavy atom. The van der Waals surface area contributed by atoms with E-state index in [-0.39, 0.29) is 23.7 Å². The van der Waals surface area contributed by atoms with E-state index in [0.29, 0.717) is 12.1 Å². The van der Waals surface area contributed by atoms with Crippen molar-refractivity contribution in [2.45, 2.75) is 12.5 Å². The average molecular weight is 220 g/mol. The molecule has 1 aromatic rings. The molecular formula is C12H13FN2O. The van der Waals surface area contributed by atoms with Gasteiger partial charge in [0.15, 0.2) is 0 Å². The maximum absolute atomic E-state index is 12.6. The highest BCUT2D eigenvalue weighted by atomic mass is 19.1. The van der Waals surface area contributed by atoms with Gasteiger partial charge in [-0.25, -0.2) is 4.39 Å². The average Bonchev–Trinajstić information content (AvgIpc) is 2.68. The van der Waals surface area contributed by atoms with Crippen molar-refractivity contribution in [1.29, 1.82) is 0 Å². The van der Waals surface area contributed by atoms with Gasteiger partial charge in [0.1, 0.15) is 5.82 Å². The zero-order valence-corrected chi connectivity index (χ0v) is 8.69. The van der Waals surface area contributed by atoms with E-state index in [2.05, 4.69) is 5.32 Å². The summed E-state index contributed by atoms with van der Waals surface area (Å²) in [5.74, 6) is -0.600. The largest absolute Gasteiger partial charge is 0.326 e. The number of nitrogens with two attached hydrogens (primary N) is 1. The van der Waals surface area contributed by atoms with E-state index in [4.69, 9.17) is 5.73 Å². The van der Waals surface area contributed by atoms with Crippen molar-refractivity contribution in [3.8, 4) is 0 Å². The van der Waals surface area contributed by atoms with Gasteiger partial charge >= 0.3 is 0 Å². The molecule has 0 aliphatic heterocycles. The Morgan fingerprint density at radius 3 is 2.56 bits per heavy atom. The Hall–Kier alpha value is -1.68. The molecule has 0 fully saturated rings. The molecule has 4 heteroatoms. The highest BCUT2D eigenvalue weighted by molar-refractivity contribution is 5.94. The number of hydrogen-bond acceptors (Lipinski definition) is 2. The monoisotopic (exact) mass is 220 g/mol. The molecule has 1 aromatic carbocycles. The van der Waals surface area contributed by atoms with Gasteiger partial charge in [0.25, 0.3) is 0 Å². The summed E-state index contributed by atoms with van der Waals surface area (Å²) < 4.78 is 12.6. The Morgan fingerprint density at radius 2 is 2.00 bits per heavy atom. The molecule has 2 rings (SSSR count). The quantitative estimate of drug-likeness (QED) is 0.745. The molecule has 0 aromatic heterocycles. The summed E-state index contributed by atoms with van der Waals surface area (Å²) in [4.78, 5) is 11.7. The van der Waals surface area contributed by atoms with Gasteiger partial charge in [-0.3, -0.25) is 4.79 Å². The Balaban J connectivity index is 1.97. The first-order chi connectivity index (χ1) is 7.65. The number of nitrogens with one attached hydrogen (secondary N) is 1. The molecule has 0 saturated carbocycles. The predicted octanol–water partition coefficient (Wildman–Crippen LogP) is 1.67. The highest BCUT2D eigenvalue weighted by Crippen LogP contribution is 2.18. The zero-order valence-electron chi connectivity index (χ0n) is 8.69. The molecular weight excluding hydrogens is 207 g/mol. The number of rotatable bonds is 2. The Labute approximate surface area is 93.1 Å². The minimum absolute atomic E-state index is 0.0380. The summed E-state index contributed by atoms with van der Waals surface area (Å²) in [6, 6.07) is 5.65. The van der Waals surface area contributed by atoms with E-state index in [1.807, 2.05) is 12.2 Å². The molecule has 16 heavy (non-hydrogen) atoms. The molecule has 2 unspecified atom stereocenters. The fraction of sp³-hybridized carbons (Fsp3) is 0.250. The number of halogens is 1. The second-order valence-electron chi connectivity index (χ2n) is 3.89. The fourth-order valence-electron chi connectivity index (χ4n) is 1.69. The summed E-state index contributed by atoms with van der Waals surface area (Å²) in [5, 5.41) is 2.72. The first kappa shape index (κ1) is 10.8. The van der Waals surface area contributed by atoms with Gasteiger partial charge in [0.2, 0.25) is 5.91 Å². The van der Waals surface area contributed by atoms with Crippen LogP contribution in [0.3, 0.4) is 0 Å². The second-order valence-corrected chi connectivity index (χ2v) is 3.89. The van der Waals surface area contributed by atoms with Crippen LogP contribution in [0, 0.1) is 11.7 Å². The van der Waals surface area contributed by atoms with Crippen LogP contribution in [0.5, 0.6) is 0 Å². The van der Waals surface area contributed by atoms with Crippen LogP contribution in [0.25, 0.3) is 0 Å². The molecule has 1 aliphatic carbocycles. The smallest absolute Gasteiger partial charge is 0.231 e. The predicted molar refractivity (Wildman–Crippen MR) is 60.3 cm³/mol. The molecule has 3 nitrogen and oxygen atoms in total. The lowest BCUT2D eigenvalue weighted by Gasteiger charge is -2.10. The molecule has 0 saturated heterocycles. The number of anilines is 1. The summed E-state index contributed by atoms with van der Waals surface area (Å²) in [6.45, 7) is 0. The van der Waals surface area contributed by atoms with Crippen molar-refractivity contribution in [2.75, 3.05) is 5.32 Å². The van der Waals surface area contributed by atoms with E-state index < -0.39 is 0 Å². The summed E-state index contributed by atoms with van der Waals surface area (Å²) >= 11 is 0. The molecule has 0 radical (unpaired) electrons. The van der Waals surface area contributed by atoms with E-state index in [1.54, 1.807) is 0 Å². The molecule has 1 amide bonds. The first-order valence-electron chi connectivity index (χ1n) is 5.15. The van der Waals surface area contributed by atoms with Crippen LogP contribution < -0.4 is 11.1 Å². The molecule has 0 heterocycles. The Bertz CT molecular complexity index is 414. The van der Waals surface area contributed by atoms with Crippen LogP contribution in [-0.4, -0.2) is 11.9 Å². The van der Waals surface area contributed by atoms with E-state index in [9.17, 15) is 9.18 Å². The van der Waals surface area contributed by atoms with E-state index >= 15 is 0 Å². The summed E-state index contributed by atoms with van der Waals surface area (Å²) in [7, 11) is 0. The number of amides is 1. The van der Waals surface area contributed by atoms with Crippen LogP contribution in [0.4, 0.5) is 10.1 Å². The highest BCUT2D eigenvalue weighted by Gasteiger charge is 2.22. The van der Waals surface area contributed by atoms with Gasteiger partial charge in [-0.05, 0) is 30.7 Å². The standard InChI is InChI=1S/C12H13FN2O/c13-9-2-5-11(6-3-9)15-12(16)8-1-4-10(14)7-8/h1-6,8,10H,7,14H2,(H,15,16). The molecule has 2 atom stereocenters. The van der Waals surface area contributed by atoms with Gasteiger partial charge in [0, 0.05) is 11.7 Å². The maximum Gasteiger partial charge on any atom is 0.231 e. The first-order valence-corrected chi connectivity index (χ1v) is 5.15. The van der Waals surface area contributed by atoms with Crippen LogP contribution in [0.1, 0.15) is 6.42 Å². The minimum Gasteiger partial charge on any atom is -0.326 e. The number of benzene rings is 1. The number of carbonyl (C=O) groups excluding carboxylic acids is 1. The van der Waals surface area contributed by atoms with E-state index in [0.717, 1.165) is 0 Å². The molecule has 84 valence electrons. The minimum atomic E-state index is -0.319. The topological polar surface area (TPSA) is 55.1 Å². The summed E-state index contributed by atoms with van der Waals surface area (Å²) in [5.41, 5.74) is 6.26. The van der Waals surface area contributed by atoms with Gasteiger partial charge in [0.05, 0.1) is 5.92 Å². The SMILES string of the molecule is NC1C=CC(C(=O)Nc2ccc(F)cc2)C1. The zero-order chi connectivity index (χ0) is 11.5. The third-order valence-corrected chi connectivity index (χ3v) is 2.57. The molecule has 1 aliphatic rings. The fourth-order valence-corrected chi connectivity index (χ4v) is 1.69. The molecule has 0 spiro atoms. The van der Waals surface area contributed by atoms with E-state index in [1.165, 1.54) is 24.3 Å². The third-order valence-electron chi connectivity index (χ3n) is 2.57. The normalized spacial score (nSPS) is 23.4. The maximum atomic E-state index is 12.6. The molecule has 0 bridgehead atoms. The number of hydrogen-bond donors (Lipinski definition) is 2. The van der Waals surface area contributed by atoms with Crippen molar-refractivity contribution < 1.29 is 9.18 Å². The van der Waals surface area contributed by atoms with Crippen molar-refractivity contribution in [1.82, 2.24) is 0 Å². The van der Waals surface area contributed by atoms with Gasteiger partial charge < -0.3 is 11.1 Å². The van der Waals surface area contributed by atoms with Crippen LogP contribution in [-0.2, 0) is 4.79 Å². The third kappa shape index (κ3) is 2.46. The summed E-state index contributed by atoms with van der Waals surface area (Å²) in [6.07, 6.45) is 4.27. The van der Waals surface area contributed by atoms with Crippen molar-refractivity contribution in [2.24, 2.45) is 11.7 Å². The van der Waals surface area contributed by atoms with Crippen molar-refractivity contribution >= 4 is 11.6 Å². The van der Waals surface area contributed by atoms with Gasteiger partial charge in [-0.1, -0.05) is 12.2 Å². The van der Waals surface area contributed by atoms with Crippen molar-refractivity contribution in [3.05, 3.63) is 42.2 Å². The molecule has 3 N–H and O–H groups in total. The van der Waals surface area contributed by atoms with Gasteiger partial charge in [-0.2, -0.15) is 0 Å².